The molecule has 1 aliphatic heterocycles. The van der Waals surface area contributed by atoms with E-state index in [0.29, 0.717) is 29.9 Å². The van der Waals surface area contributed by atoms with Gasteiger partial charge in [-0.1, -0.05) is 24.3 Å². The first-order chi connectivity index (χ1) is 14.0. The molecule has 2 aromatic rings. The first-order valence-corrected chi connectivity index (χ1v) is 9.84. The topological polar surface area (TPSA) is 99.2 Å². The molecular formula is C23H26N4O2. The number of ketones is 1. The van der Waals surface area contributed by atoms with E-state index in [0.717, 1.165) is 31.5 Å². The molecule has 6 heteroatoms. The summed E-state index contributed by atoms with van der Waals surface area (Å²) >= 11 is 0. The van der Waals surface area contributed by atoms with E-state index >= 15 is 0 Å². The molecular weight excluding hydrogens is 364 g/mol. The molecule has 1 fully saturated rings. The van der Waals surface area contributed by atoms with Crippen molar-refractivity contribution < 1.29 is 9.59 Å². The van der Waals surface area contributed by atoms with Gasteiger partial charge in [0.25, 0.3) is 0 Å². The third kappa shape index (κ3) is 5.43. The third-order valence-corrected chi connectivity index (χ3v) is 5.33. The van der Waals surface area contributed by atoms with Gasteiger partial charge in [-0.15, -0.1) is 0 Å². The molecule has 0 saturated carbocycles. The second kappa shape index (κ2) is 9.35. The Labute approximate surface area is 171 Å². The van der Waals surface area contributed by atoms with Crippen molar-refractivity contribution in [2.24, 2.45) is 11.7 Å². The number of amides is 1. The third-order valence-electron chi connectivity index (χ3n) is 5.33. The van der Waals surface area contributed by atoms with E-state index in [4.69, 9.17) is 5.73 Å². The van der Waals surface area contributed by atoms with Gasteiger partial charge in [0.1, 0.15) is 6.07 Å². The van der Waals surface area contributed by atoms with Crippen LogP contribution in [0.15, 0.2) is 42.5 Å². The number of rotatable bonds is 7. The molecule has 3 rings (SSSR count). The molecule has 1 unspecified atom stereocenters. The summed E-state index contributed by atoms with van der Waals surface area (Å²) in [6, 6.07) is 15.5. The first kappa shape index (κ1) is 20.6. The highest BCUT2D eigenvalue weighted by molar-refractivity contribution is 5.95. The van der Waals surface area contributed by atoms with Crippen LogP contribution in [-0.2, 0) is 17.9 Å². The molecule has 0 bridgehead atoms. The Bertz CT molecular complexity index is 948. The quantitative estimate of drug-likeness (QED) is 0.708. The predicted octanol–water partition coefficient (Wildman–Crippen LogP) is 3.07. The normalized spacial score (nSPS) is 16.8. The number of anilines is 1. The first-order valence-electron chi connectivity index (χ1n) is 9.84. The van der Waals surface area contributed by atoms with Gasteiger partial charge in [-0.2, -0.15) is 5.26 Å². The van der Waals surface area contributed by atoms with Crippen molar-refractivity contribution in [2.75, 3.05) is 18.4 Å². The molecule has 0 radical (unpaired) electrons. The standard InChI is InChI=1S/C23H26N4O2/c1-16(28)19-7-8-20(12-24)22(11-19)26-13-17-4-2-5-18(10-17)14-27-9-3-6-21(15-27)23(25)29/h2,4-5,7-8,10-11,21,26H,3,6,9,13-15H2,1H3,(H2,25,29). The molecule has 0 aliphatic carbocycles. The zero-order valence-corrected chi connectivity index (χ0v) is 16.6. The van der Waals surface area contributed by atoms with Crippen LogP contribution in [0.2, 0.25) is 0 Å². The van der Waals surface area contributed by atoms with Crippen molar-refractivity contribution in [3.63, 3.8) is 0 Å². The van der Waals surface area contributed by atoms with Gasteiger partial charge in [-0.25, -0.2) is 0 Å². The minimum atomic E-state index is -0.214. The summed E-state index contributed by atoms with van der Waals surface area (Å²) < 4.78 is 0. The fourth-order valence-corrected chi connectivity index (χ4v) is 3.73. The molecule has 29 heavy (non-hydrogen) atoms. The van der Waals surface area contributed by atoms with E-state index in [-0.39, 0.29) is 17.6 Å². The zero-order valence-electron chi connectivity index (χ0n) is 16.6. The Kier molecular flexibility index (Phi) is 6.63. The van der Waals surface area contributed by atoms with Gasteiger partial charge in [-0.3, -0.25) is 14.5 Å². The number of hydrogen-bond acceptors (Lipinski definition) is 5. The van der Waals surface area contributed by atoms with Crippen molar-refractivity contribution >= 4 is 17.4 Å². The molecule has 150 valence electrons. The number of carbonyl (C=O) groups is 2. The number of hydrogen-bond donors (Lipinski definition) is 2. The van der Waals surface area contributed by atoms with Gasteiger partial charge in [-0.05, 0) is 55.6 Å². The fourth-order valence-electron chi connectivity index (χ4n) is 3.73. The molecule has 1 atom stereocenters. The Morgan fingerprint density at radius 3 is 2.76 bits per heavy atom. The average molecular weight is 390 g/mol. The van der Waals surface area contributed by atoms with Crippen molar-refractivity contribution in [2.45, 2.75) is 32.9 Å². The lowest BCUT2D eigenvalue weighted by atomic mass is 9.97. The van der Waals surface area contributed by atoms with Gasteiger partial charge in [0.05, 0.1) is 17.2 Å². The van der Waals surface area contributed by atoms with Crippen molar-refractivity contribution in [3.05, 3.63) is 64.7 Å². The lowest BCUT2D eigenvalue weighted by Gasteiger charge is -2.31. The maximum Gasteiger partial charge on any atom is 0.221 e. The van der Waals surface area contributed by atoms with Crippen molar-refractivity contribution in [1.82, 2.24) is 4.90 Å². The number of Topliss-reactive ketones (excluding diaryl/α,β-unsaturated/α-hetero) is 1. The van der Waals surface area contributed by atoms with Crippen LogP contribution in [0.5, 0.6) is 0 Å². The minimum absolute atomic E-state index is 0.0321. The number of nitrogens with two attached hydrogens (primary N) is 1. The predicted molar refractivity (Wildman–Crippen MR) is 112 cm³/mol. The maximum absolute atomic E-state index is 11.6. The summed E-state index contributed by atoms with van der Waals surface area (Å²) in [6.07, 6.45) is 1.86. The van der Waals surface area contributed by atoms with Crippen LogP contribution in [0.25, 0.3) is 0 Å². The largest absolute Gasteiger partial charge is 0.380 e. The highest BCUT2D eigenvalue weighted by Crippen LogP contribution is 2.21. The monoisotopic (exact) mass is 390 g/mol. The summed E-state index contributed by atoms with van der Waals surface area (Å²) in [7, 11) is 0. The van der Waals surface area contributed by atoms with Gasteiger partial charge >= 0.3 is 0 Å². The summed E-state index contributed by atoms with van der Waals surface area (Å²) in [6.45, 7) is 4.52. The molecule has 0 spiro atoms. The summed E-state index contributed by atoms with van der Waals surface area (Å²) in [5, 5.41) is 12.6. The summed E-state index contributed by atoms with van der Waals surface area (Å²) in [5.74, 6) is -0.310. The molecule has 0 aromatic heterocycles. The number of likely N-dealkylation sites (tertiary alicyclic amines) is 1. The second-order valence-corrected chi connectivity index (χ2v) is 7.58. The number of primary amides is 1. The second-order valence-electron chi connectivity index (χ2n) is 7.58. The molecule has 3 N–H and O–H groups in total. The van der Waals surface area contributed by atoms with Crippen LogP contribution in [-0.4, -0.2) is 29.7 Å². The van der Waals surface area contributed by atoms with Crippen LogP contribution in [0.3, 0.4) is 0 Å². The number of carbonyl (C=O) groups excluding carboxylic acids is 2. The Hall–Kier alpha value is -3.17. The number of nitrogens with one attached hydrogen (secondary N) is 1. The van der Waals surface area contributed by atoms with Gasteiger partial charge in [0.2, 0.25) is 5.91 Å². The highest BCUT2D eigenvalue weighted by atomic mass is 16.1. The van der Waals surface area contributed by atoms with Crippen LogP contribution in [0, 0.1) is 17.2 Å². The van der Waals surface area contributed by atoms with Gasteiger partial charge < -0.3 is 11.1 Å². The molecule has 1 aliphatic rings. The number of nitriles is 1. The van der Waals surface area contributed by atoms with Gasteiger partial charge in [0.15, 0.2) is 5.78 Å². The Morgan fingerprint density at radius 2 is 2.03 bits per heavy atom. The maximum atomic E-state index is 11.6. The van der Waals surface area contributed by atoms with E-state index < -0.39 is 0 Å². The molecule has 1 amide bonds. The van der Waals surface area contributed by atoms with E-state index in [2.05, 4.69) is 28.4 Å². The van der Waals surface area contributed by atoms with Crippen LogP contribution in [0.4, 0.5) is 5.69 Å². The van der Waals surface area contributed by atoms with E-state index in [1.165, 1.54) is 12.5 Å². The molecule has 2 aromatic carbocycles. The summed E-state index contributed by atoms with van der Waals surface area (Å²) in [4.78, 5) is 25.4. The van der Waals surface area contributed by atoms with Crippen molar-refractivity contribution in [1.29, 1.82) is 5.26 Å². The van der Waals surface area contributed by atoms with E-state index in [1.54, 1.807) is 18.2 Å². The fraction of sp³-hybridized carbons (Fsp3) is 0.348. The lowest BCUT2D eigenvalue weighted by molar-refractivity contribution is -0.123. The van der Waals surface area contributed by atoms with Crippen molar-refractivity contribution in [3.8, 4) is 6.07 Å². The van der Waals surface area contributed by atoms with Crippen LogP contribution >= 0.6 is 0 Å². The average Bonchev–Trinajstić information content (AvgIpc) is 2.72. The Morgan fingerprint density at radius 1 is 1.24 bits per heavy atom. The Balaban J connectivity index is 1.66. The van der Waals surface area contributed by atoms with E-state index in [9.17, 15) is 14.9 Å². The van der Waals surface area contributed by atoms with Crippen LogP contribution in [0.1, 0.15) is 46.8 Å². The smallest absolute Gasteiger partial charge is 0.221 e. The number of piperidine rings is 1. The molecule has 6 nitrogen and oxygen atoms in total. The SMILES string of the molecule is CC(=O)c1ccc(C#N)c(NCc2cccc(CN3CCCC(C(N)=O)C3)c2)c1. The highest BCUT2D eigenvalue weighted by Gasteiger charge is 2.23. The summed E-state index contributed by atoms with van der Waals surface area (Å²) in [5.41, 5.74) is 9.48. The lowest BCUT2D eigenvalue weighted by Crippen LogP contribution is -2.40. The number of benzene rings is 2. The molecule has 1 saturated heterocycles. The minimum Gasteiger partial charge on any atom is -0.380 e. The van der Waals surface area contributed by atoms with Crippen LogP contribution < -0.4 is 11.1 Å². The van der Waals surface area contributed by atoms with E-state index in [1.807, 2.05) is 12.1 Å². The number of nitrogens with zero attached hydrogens (tertiary/aromatic N) is 2. The zero-order chi connectivity index (χ0) is 20.8. The van der Waals surface area contributed by atoms with Gasteiger partial charge in [0, 0.05) is 25.2 Å². The molecule has 1 heterocycles.